The maximum absolute atomic E-state index is 11.9. The van der Waals surface area contributed by atoms with Gasteiger partial charge in [-0.1, -0.05) is 15.9 Å². The Morgan fingerprint density at radius 2 is 2.20 bits per heavy atom. The number of rotatable bonds is 5. The molecule has 6 heteroatoms. The number of carbonyl (C=O) groups excluding carboxylic acids is 2. The second-order valence-corrected chi connectivity index (χ2v) is 5.92. The average molecular weight is 341 g/mol. The Morgan fingerprint density at radius 3 is 2.85 bits per heavy atom. The van der Waals surface area contributed by atoms with Crippen molar-refractivity contribution in [3.8, 4) is 0 Å². The van der Waals surface area contributed by atoms with E-state index in [2.05, 4.69) is 21.2 Å². The lowest BCUT2D eigenvalue weighted by Gasteiger charge is -2.13. The molecule has 108 valence electrons. The number of hydrogen-bond acceptors (Lipinski definition) is 4. The highest BCUT2D eigenvalue weighted by Crippen LogP contribution is 2.32. The number of esters is 1. The van der Waals surface area contributed by atoms with Gasteiger partial charge in [-0.25, -0.2) is 4.79 Å². The predicted molar refractivity (Wildman–Crippen MR) is 79.2 cm³/mol. The molecular formula is C14H17BrN2O3. The second-order valence-electron chi connectivity index (χ2n) is 5.00. The molecule has 0 saturated heterocycles. The molecule has 1 amide bonds. The summed E-state index contributed by atoms with van der Waals surface area (Å²) in [5.41, 5.74) is 6.28. The molecule has 5 nitrogen and oxygen atoms in total. The summed E-state index contributed by atoms with van der Waals surface area (Å²) in [5.74, 6) is -0.320. The van der Waals surface area contributed by atoms with E-state index in [4.69, 9.17) is 10.5 Å². The number of benzene rings is 1. The van der Waals surface area contributed by atoms with Gasteiger partial charge in [-0.15, -0.1) is 0 Å². The van der Waals surface area contributed by atoms with Crippen LogP contribution in [0.5, 0.6) is 0 Å². The fourth-order valence-corrected chi connectivity index (χ4v) is 2.28. The molecule has 0 spiro atoms. The lowest BCUT2D eigenvalue weighted by molar-refractivity contribution is -0.124. The fraction of sp³-hybridized carbons (Fsp3) is 0.429. The van der Waals surface area contributed by atoms with Crippen LogP contribution in [-0.4, -0.2) is 24.5 Å². The topological polar surface area (TPSA) is 81.4 Å². The van der Waals surface area contributed by atoms with Crippen LogP contribution in [0.1, 0.15) is 30.1 Å². The molecule has 2 rings (SSSR count). The molecule has 1 aromatic carbocycles. The molecule has 1 aromatic rings. The third-order valence-corrected chi connectivity index (χ3v) is 3.78. The van der Waals surface area contributed by atoms with Crippen molar-refractivity contribution in [2.45, 2.75) is 25.8 Å². The first-order valence-electron chi connectivity index (χ1n) is 6.49. The molecule has 0 aliphatic heterocycles. The van der Waals surface area contributed by atoms with Gasteiger partial charge < -0.3 is 15.8 Å². The van der Waals surface area contributed by atoms with Crippen molar-refractivity contribution >= 4 is 33.5 Å². The molecule has 1 aliphatic carbocycles. The minimum atomic E-state index is -0.599. The van der Waals surface area contributed by atoms with Gasteiger partial charge in [-0.2, -0.15) is 0 Å². The molecule has 0 bridgehead atoms. The summed E-state index contributed by atoms with van der Waals surface area (Å²) in [6.45, 7) is 1.67. The van der Waals surface area contributed by atoms with Crippen LogP contribution in [0.3, 0.4) is 0 Å². The van der Waals surface area contributed by atoms with E-state index < -0.39 is 5.97 Å². The number of carbonyl (C=O) groups is 2. The van der Waals surface area contributed by atoms with Crippen LogP contribution >= 0.6 is 15.9 Å². The molecule has 0 unspecified atom stereocenters. The Balaban J connectivity index is 1.85. The summed E-state index contributed by atoms with van der Waals surface area (Å²) in [4.78, 5) is 23.5. The number of amides is 1. The minimum Gasteiger partial charge on any atom is -0.452 e. The largest absolute Gasteiger partial charge is 0.452 e. The summed E-state index contributed by atoms with van der Waals surface area (Å²) >= 11 is 3.26. The van der Waals surface area contributed by atoms with E-state index in [1.165, 1.54) is 0 Å². The van der Waals surface area contributed by atoms with Crippen LogP contribution in [0, 0.1) is 5.92 Å². The molecule has 1 fully saturated rings. The van der Waals surface area contributed by atoms with Gasteiger partial charge in [0, 0.05) is 16.2 Å². The van der Waals surface area contributed by atoms with Crippen molar-refractivity contribution in [3.63, 3.8) is 0 Å². The molecule has 0 heterocycles. The predicted octanol–water partition coefficient (Wildman–Crippen LogP) is 2.10. The van der Waals surface area contributed by atoms with Gasteiger partial charge in [-0.05, 0) is 43.9 Å². The number of nitrogens with two attached hydrogens (primary N) is 1. The van der Waals surface area contributed by atoms with E-state index >= 15 is 0 Å². The summed E-state index contributed by atoms with van der Waals surface area (Å²) in [7, 11) is 0. The Hall–Kier alpha value is -1.56. The Labute approximate surface area is 126 Å². The zero-order valence-corrected chi connectivity index (χ0v) is 12.8. The van der Waals surface area contributed by atoms with Crippen molar-refractivity contribution in [3.05, 3.63) is 28.2 Å². The zero-order valence-electron chi connectivity index (χ0n) is 11.2. The maximum atomic E-state index is 11.9. The quantitative estimate of drug-likeness (QED) is 0.635. The average Bonchev–Trinajstić information content (AvgIpc) is 3.23. The van der Waals surface area contributed by atoms with Gasteiger partial charge in [0.25, 0.3) is 5.91 Å². The number of anilines is 1. The Morgan fingerprint density at radius 1 is 1.50 bits per heavy atom. The van der Waals surface area contributed by atoms with Gasteiger partial charge in [0.15, 0.2) is 6.61 Å². The zero-order chi connectivity index (χ0) is 14.7. The Bertz CT molecular complexity index is 529. The van der Waals surface area contributed by atoms with Gasteiger partial charge in [0.2, 0.25) is 0 Å². The number of halogens is 1. The van der Waals surface area contributed by atoms with Crippen LogP contribution in [0.15, 0.2) is 22.7 Å². The molecule has 3 N–H and O–H groups in total. The van der Waals surface area contributed by atoms with Gasteiger partial charge in [0.1, 0.15) is 0 Å². The lowest BCUT2D eigenvalue weighted by atomic mass is 10.2. The van der Waals surface area contributed by atoms with Gasteiger partial charge >= 0.3 is 5.97 Å². The Kier molecular flexibility index (Phi) is 4.65. The van der Waals surface area contributed by atoms with Crippen LogP contribution in [0.25, 0.3) is 0 Å². The summed E-state index contributed by atoms with van der Waals surface area (Å²) < 4.78 is 5.70. The van der Waals surface area contributed by atoms with Crippen LogP contribution in [-0.2, 0) is 9.53 Å². The number of nitrogen functional groups attached to an aromatic ring is 1. The molecule has 0 radical (unpaired) electrons. The van der Waals surface area contributed by atoms with E-state index in [9.17, 15) is 9.59 Å². The first kappa shape index (κ1) is 14.8. The first-order valence-corrected chi connectivity index (χ1v) is 7.28. The molecule has 0 aromatic heterocycles. The van der Waals surface area contributed by atoms with Crippen molar-refractivity contribution in [2.75, 3.05) is 12.3 Å². The highest BCUT2D eigenvalue weighted by atomic mass is 79.9. The summed E-state index contributed by atoms with van der Waals surface area (Å²) in [5, 5.41) is 2.82. The standard InChI is InChI=1S/C14H17BrN2O3/c1-8(9-2-3-9)17-13(18)7-20-14(19)11-6-10(15)4-5-12(11)16/h4-6,8-9H,2-3,7,16H2,1H3,(H,17,18)/t8-/m0/s1. The molecule has 20 heavy (non-hydrogen) atoms. The van der Waals surface area contributed by atoms with Gasteiger partial charge in [-0.3, -0.25) is 4.79 Å². The van der Waals surface area contributed by atoms with Crippen LogP contribution < -0.4 is 11.1 Å². The van der Waals surface area contributed by atoms with E-state index in [0.717, 1.165) is 17.3 Å². The monoisotopic (exact) mass is 340 g/mol. The van der Waals surface area contributed by atoms with E-state index in [0.29, 0.717) is 11.6 Å². The maximum Gasteiger partial charge on any atom is 0.340 e. The van der Waals surface area contributed by atoms with E-state index in [-0.39, 0.29) is 24.1 Å². The lowest BCUT2D eigenvalue weighted by Crippen LogP contribution is -2.37. The first-order chi connectivity index (χ1) is 9.47. The molecule has 1 atom stereocenters. The van der Waals surface area contributed by atoms with Crippen LogP contribution in [0.4, 0.5) is 5.69 Å². The van der Waals surface area contributed by atoms with E-state index in [1.807, 2.05) is 6.92 Å². The minimum absolute atomic E-state index is 0.136. The highest BCUT2D eigenvalue weighted by Gasteiger charge is 2.29. The van der Waals surface area contributed by atoms with Crippen molar-refractivity contribution in [2.24, 2.45) is 5.92 Å². The number of nitrogens with one attached hydrogen (secondary N) is 1. The molecule has 1 aliphatic rings. The second kappa shape index (κ2) is 6.26. The van der Waals surface area contributed by atoms with Crippen molar-refractivity contribution in [1.82, 2.24) is 5.32 Å². The van der Waals surface area contributed by atoms with Crippen LogP contribution in [0.2, 0.25) is 0 Å². The molecule has 1 saturated carbocycles. The van der Waals surface area contributed by atoms with Crippen molar-refractivity contribution < 1.29 is 14.3 Å². The van der Waals surface area contributed by atoms with E-state index in [1.54, 1.807) is 18.2 Å². The highest BCUT2D eigenvalue weighted by molar-refractivity contribution is 9.10. The summed E-state index contributed by atoms with van der Waals surface area (Å²) in [6.07, 6.45) is 2.30. The fourth-order valence-electron chi connectivity index (χ4n) is 1.92. The van der Waals surface area contributed by atoms with Gasteiger partial charge in [0.05, 0.1) is 5.56 Å². The SMILES string of the molecule is C[C@H](NC(=O)COC(=O)c1cc(Br)ccc1N)C1CC1. The third kappa shape index (κ3) is 3.96. The normalized spacial score (nSPS) is 15.5. The number of hydrogen-bond donors (Lipinski definition) is 2. The summed E-state index contributed by atoms with van der Waals surface area (Å²) in [6, 6.07) is 5.05. The van der Waals surface area contributed by atoms with Crippen molar-refractivity contribution in [1.29, 1.82) is 0 Å². The molecular weight excluding hydrogens is 324 g/mol. The number of ether oxygens (including phenoxy) is 1. The third-order valence-electron chi connectivity index (χ3n) is 3.29. The smallest absolute Gasteiger partial charge is 0.340 e.